The average molecular weight is 621 g/mol. The molecule has 2 saturated heterocycles. The number of nitrogens with zero attached hydrogens (tertiary/aromatic N) is 4. The molecule has 0 saturated carbocycles. The number of aryl methyl sites for hydroxylation is 1. The number of carbonyl (C=O) groups is 1. The zero-order valence-corrected chi connectivity index (χ0v) is 24.9. The molecule has 0 spiro atoms. The van der Waals surface area contributed by atoms with Gasteiger partial charge in [-0.25, -0.2) is 4.98 Å². The van der Waals surface area contributed by atoms with Gasteiger partial charge < -0.3 is 14.5 Å². The lowest BCUT2D eigenvalue weighted by molar-refractivity contribution is -0.143. The Kier molecular flexibility index (Phi) is 8.45. The fourth-order valence-corrected chi connectivity index (χ4v) is 5.89. The molecule has 3 aromatic rings. The molecule has 2 aromatic carbocycles. The van der Waals surface area contributed by atoms with Crippen LogP contribution in [-0.4, -0.2) is 68.3 Å². The lowest BCUT2D eigenvalue weighted by Crippen LogP contribution is -2.58. The van der Waals surface area contributed by atoms with Crippen LogP contribution in [0.2, 0.25) is 0 Å². The van der Waals surface area contributed by atoms with Crippen molar-refractivity contribution in [2.45, 2.75) is 44.6 Å². The molecule has 0 N–H and O–H groups in total. The largest absolute Gasteiger partial charge is 0.416 e. The summed E-state index contributed by atoms with van der Waals surface area (Å²) in [5.41, 5.74) is -2.31. The lowest BCUT2D eigenvalue weighted by Gasteiger charge is -2.44. The van der Waals surface area contributed by atoms with Crippen molar-refractivity contribution < 1.29 is 35.9 Å². The van der Waals surface area contributed by atoms with Gasteiger partial charge in [-0.15, -0.1) is 0 Å². The molecule has 3 heterocycles. The number of aromatic nitrogens is 1. The molecule has 2 aliphatic heterocycles. The Bertz CT molecular complexity index is 1510. The zero-order chi connectivity index (χ0) is 32.0. The van der Waals surface area contributed by atoms with Gasteiger partial charge in [0.2, 0.25) is 5.91 Å². The third kappa shape index (κ3) is 6.28. The van der Waals surface area contributed by atoms with Crippen molar-refractivity contribution >= 4 is 17.4 Å². The molecule has 1 atom stereocenters. The maximum Gasteiger partial charge on any atom is 0.416 e. The Morgan fingerprint density at radius 2 is 1.55 bits per heavy atom. The van der Waals surface area contributed by atoms with Crippen LogP contribution in [0.4, 0.5) is 37.8 Å². The van der Waals surface area contributed by atoms with Gasteiger partial charge in [0.25, 0.3) is 0 Å². The second-order valence-corrected chi connectivity index (χ2v) is 11.9. The van der Waals surface area contributed by atoms with Gasteiger partial charge in [0.1, 0.15) is 5.82 Å². The highest BCUT2D eigenvalue weighted by molar-refractivity contribution is 6.03. The number of benzene rings is 2. The molecular formula is C32H34F6N4O2. The maximum absolute atomic E-state index is 14.0. The van der Waals surface area contributed by atoms with Crippen molar-refractivity contribution in [2.24, 2.45) is 0 Å². The van der Waals surface area contributed by atoms with E-state index in [1.807, 2.05) is 37.3 Å². The highest BCUT2D eigenvalue weighted by Crippen LogP contribution is 2.41. The number of carbonyl (C=O) groups excluding carboxylic acids is 1. The Balaban J connectivity index is 1.54. The van der Waals surface area contributed by atoms with E-state index in [-0.39, 0.29) is 12.1 Å². The van der Waals surface area contributed by atoms with Crippen molar-refractivity contribution in [1.82, 2.24) is 9.88 Å². The maximum atomic E-state index is 14.0. The fraction of sp³-hybridized carbons (Fsp3) is 0.438. The first-order chi connectivity index (χ1) is 20.6. The lowest BCUT2D eigenvalue weighted by atomic mass is 9.81. The van der Waals surface area contributed by atoms with Gasteiger partial charge >= 0.3 is 12.4 Å². The van der Waals surface area contributed by atoms with Gasteiger partial charge in [0, 0.05) is 38.8 Å². The van der Waals surface area contributed by atoms with Crippen LogP contribution in [0.1, 0.15) is 36.1 Å². The molecule has 44 heavy (non-hydrogen) atoms. The Morgan fingerprint density at radius 3 is 2.18 bits per heavy atom. The van der Waals surface area contributed by atoms with E-state index in [1.54, 1.807) is 6.20 Å². The van der Waals surface area contributed by atoms with Crippen LogP contribution < -0.4 is 9.80 Å². The van der Waals surface area contributed by atoms with Crippen LogP contribution in [0, 0.1) is 6.92 Å². The third-order valence-electron chi connectivity index (χ3n) is 8.58. The quantitative estimate of drug-likeness (QED) is 0.303. The molecule has 1 amide bonds. The Hall–Kier alpha value is -3.64. The number of halogens is 6. The summed E-state index contributed by atoms with van der Waals surface area (Å²) in [4.78, 5) is 24.5. The summed E-state index contributed by atoms with van der Waals surface area (Å²) in [6.07, 6.45) is -8.52. The minimum Gasteiger partial charge on any atom is -0.378 e. The van der Waals surface area contributed by atoms with E-state index >= 15 is 0 Å². The number of hydrogen-bond acceptors (Lipinski definition) is 5. The van der Waals surface area contributed by atoms with E-state index in [4.69, 9.17) is 4.74 Å². The molecule has 0 unspecified atom stereocenters. The third-order valence-corrected chi connectivity index (χ3v) is 8.58. The highest BCUT2D eigenvalue weighted by atomic mass is 19.4. The Morgan fingerprint density at radius 1 is 0.909 bits per heavy atom. The minimum absolute atomic E-state index is 0.0615. The average Bonchev–Trinajstić information content (AvgIpc) is 2.99. The number of rotatable bonds is 5. The molecule has 6 nitrogen and oxygen atoms in total. The molecule has 236 valence electrons. The minimum atomic E-state index is -5.03. The van der Waals surface area contributed by atoms with E-state index < -0.39 is 40.4 Å². The van der Waals surface area contributed by atoms with Gasteiger partial charge in [-0.1, -0.05) is 24.3 Å². The van der Waals surface area contributed by atoms with Crippen LogP contribution in [0.5, 0.6) is 0 Å². The second-order valence-electron chi connectivity index (χ2n) is 11.9. The second kappa shape index (κ2) is 11.7. The van der Waals surface area contributed by atoms with Crippen molar-refractivity contribution in [1.29, 1.82) is 0 Å². The molecule has 2 aliphatic rings. The molecule has 0 bridgehead atoms. The topological polar surface area (TPSA) is 48.9 Å². The monoisotopic (exact) mass is 620 g/mol. The number of pyridine rings is 1. The van der Waals surface area contributed by atoms with Crippen molar-refractivity contribution in [3.05, 3.63) is 77.0 Å². The number of anilines is 2. The molecule has 1 aromatic heterocycles. The fourth-order valence-electron chi connectivity index (χ4n) is 5.89. The van der Waals surface area contributed by atoms with Crippen molar-refractivity contribution in [3.63, 3.8) is 0 Å². The predicted molar refractivity (Wildman–Crippen MR) is 156 cm³/mol. The van der Waals surface area contributed by atoms with Gasteiger partial charge in [0.15, 0.2) is 0 Å². The molecule has 0 aliphatic carbocycles. The summed E-state index contributed by atoms with van der Waals surface area (Å²) in [5.74, 6) is 0.00679. The van der Waals surface area contributed by atoms with Crippen LogP contribution in [0.15, 0.2) is 54.7 Å². The first kappa shape index (κ1) is 31.8. The van der Waals surface area contributed by atoms with Crippen LogP contribution in [-0.2, 0) is 27.3 Å². The molecular weight excluding hydrogens is 586 g/mol. The van der Waals surface area contributed by atoms with Crippen molar-refractivity contribution in [2.75, 3.05) is 56.2 Å². The first-order valence-corrected chi connectivity index (χ1v) is 14.3. The van der Waals surface area contributed by atoms with Crippen LogP contribution >= 0.6 is 0 Å². The number of fused-ring (bicyclic) bond motifs is 1. The number of alkyl halides is 6. The molecule has 5 rings (SSSR count). The normalized spacial score (nSPS) is 18.2. The number of morpholine rings is 1. The summed E-state index contributed by atoms with van der Waals surface area (Å²) in [5, 5.41) is 0. The molecule has 12 heteroatoms. The number of hydrogen-bond donors (Lipinski definition) is 0. The van der Waals surface area contributed by atoms with E-state index in [9.17, 15) is 31.1 Å². The van der Waals surface area contributed by atoms with E-state index in [1.165, 1.54) is 25.8 Å². The van der Waals surface area contributed by atoms with Crippen molar-refractivity contribution in [3.8, 4) is 11.1 Å². The number of amides is 1. The number of ether oxygens (including phenoxy) is 1. The zero-order valence-electron chi connectivity index (χ0n) is 24.9. The predicted octanol–water partition coefficient (Wildman–Crippen LogP) is 6.56. The summed E-state index contributed by atoms with van der Waals surface area (Å²) in [6.45, 7) is 9.06. The summed E-state index contributed by atoms with van der Waals surface area (Å²) >= 11 is 0. The van der Waals surface area contributed by atoms with Gasteiger partial charge in [-0.3, -0.25) is 9.69 Å². The Labute approximate surface area is 252 Å². The SMILES string of the molecule is Cc1ccccc1-c1cc(N2CCN3CCOC[C@H]3C2)ncc1N(C)C(=O)C(C)(C)c1cc(C(F)(F)F)cc(C(F)(F)F)c1. The molecule has 2 fully saturated rings. The van der Waals surface area contributed by atoms with Gasteiger partial charge in [-0.05, 0) is 61.7 Å². The van der Waals surface area contributed by atoms with E-state index in [0.717, 1.165) is 30.8 Å². The van der Waals surface area contributed by atoms with Crippen LogP contribution in [0.25, 0.3) is 11.1 Å². The summed E-state index contributed by atoms with van der Waals surface area (Å²) in [7, 11) is 1.46. The highest BCUT2D eigenvalue weighted by Gasteiger charge is 2.41. The summed E-state index contributed by atoms with van der Waals surface area (Å²) in [6, 6.07) is 11.0. The van der Waals surface area contributed by atoms with Crippen LogP contribution in [0.3, 0.4) is 0 Å². The first-order valence-electron chi connectivity index (χ1n) is 14.3. The summed E-state index contributed by atoms with van der Waals surface area (Å²) < 4.78 is 87.4. The van der Waals surface area contributed by atoms with E-state index in [2.05, 4.69) is 14.8 Å². The number of piperazine rings is 1. The standard InChI is InChI=1S/C32H34F6N4O2/c1-20-7-5-6-8-25(20)26-16-28(42-10-9-41-11-12-44-19-24(41)18-42)39-17-27(26)40(4)29(43)30(2,3)21-13-22(31(33,34)35)15-23(14-21)32(36,37)38/h5-8,13-17,24H,9-12,18-19H2,1-4H3/t24-/m1/s1. The van der Waals surface area contributed by atoms with Gasteiger partial charge in [-0.2, -0.15) is 26.3 Å². The smallest absolute Gasteiger partial charge is 0.378 e. The molecule has 0 radical (unpaired) electrons. The van der Waals surface area contributed by atoms with E-state index in [0.29, 0.717) is 49.0 Å². The van der Waals surface area contributed by atoms with Gasteiger partial charge in [0.05, 0.1) is 47.7 Å². The number of likely N-dealkylation sites (N-methyl/N-ethyl adjacent to an activating group) is 1.